The first-order valence-corrected chi connectivity index (χ1v) is 7.22. The summed E-state index contributed by atoms with van der Waals surface area (Å²) in [7, 11) is 0. The Labute approximate surface area is 122 Å². The van der Waals surface area contributed by atoms with Gasteiger partial charge in [-0.15, -0.1) is 0 Å². The molecule has 0 saturated heterocycles. The molecule has 0 aromatic heterocycles. The second kappa shape index (κ2) is 4.91. The minimum Gasteiger partial charge on any atom is -0.490 e. The van der Waals surface area contributed by atoms with Gasteiger partial charge in [-0.2, -0.15) is 0 Å². The molecular formula is C16H15NO4. The molecule has 2 heterocycles. The van der Waals surface area contributed by atoms with Gasteiger partial charge in [0.2, 0.25) is 5.90 Å². The van der Waals surface area contributed by atoms with E-state index in [0.717, 1.165) is 30.6 Å². The summed E-state index contributed by atoms with van der Waals surface area (Å²) in [6, 6.07) is 5.61. The molecule has 3 aliphatic rings. The molecule has 0 unspecified atom stereocenters. The zero-order chi connectivity index (χ0) is 14.2. The molecule has 5 heteroatoms. The smallest absolute Gasteiger partial charge is 0.363 e. The maximum atomic E-state index is 11.8. The Morgan fingerprint density at radius 1 is 1.14 bits per heavy atom. The molecule has 5 nitrogen and oxygen atoms in total. The second-order valence-corrected chi connectivity index (χ2v) is 5.40. The first-order chi connectivity index (χ1) is 10.3. The number of carbonyl (C=O) groups excluding carboxylic acids is 1. The summed E-state index contributed by atoms with van der Waals surface area (Å²) >= 11 is 0. The van der Waals surface area contributed by atoms with E-state index in [1.165, 1.54) is 0 Å². The minimum absolute atomic E-state index is 0.337. The average Bonchev–Trinajstić information content (AvgIpc) is 3.28. The molecule has 4 rings (SSSR count). The van der Waals surface area contributed by atoms with Crippen LogP contribution < -0.4 is 9.47 Å². The summed E-state index contributed by atoms with van der Waals surface area (Å²) in [6.45, 7) is 1.30. The van der Waals surface area contributed by atoms with Gasteiger partial charge in [0.25, 0.3) is 0 Å². The molecule has 0 atom stereocenters. The lowest BCUT2D eigenvalue weighted by molar-refractivity contribution is -0.130. The van der Waals surface area contributed by atoms with Crippen molar-refractivity contribution in [1.82, 2.24) is 0 Å². The van der Waals surface area contributed by atoms with Crippen molar-refractivity contribution < 1.29 is 19.0 Å². The average molecular weight is 285 g/mol. The Morgan fingerprint density at radius 3 is 2.76 bits per heavy atom. The van der Waals surface area contributed by atoms with Crippen LogP contribution in [0.15, 0.2) is 28.9 Å². The van der Waals surface area contributed by atoms with Gasteiger partial charge in [0.05, 0.1) is 13.2 Å². The zero-order valence-corrected chi connectivity index (χ0v) is 11.5. The zero-order valence-electron chi connectivity index (χ0n) is 11.5. The van der Waals surface area contributed by atoms with Crippen molar-refractivity contribution in [3.05, 3.63) is 29.5 Å². The standard InChI is InChI=1S/C16H15NO4/c18-16-12(17-15(21-16)11-3-4-11)8-10-2-5-13-14(9-10)20-7-1-6-19-13/h2,5,8-9,11H,1,3-4,6-7H2/b12-8+. The maximum absolute atomic E-state index is 11.8. The quantitative estimate of drug-likeness (QED) is 0.619. The number of hydrogen-bond acceptors (Lipinski definition) is 5. The van der Waals surface area contributed by atoms with Crippen molar-refractivity contribution in [3.8, 4) is 11.5 Å². The van der Waals surface area contributed by atoms with E-state index >= 15 is 0 Å². The molecule has 1 fully saturated rings. The minimum atomic E-state index is -0.371. The van der Waals surface area contributed by atoms with Gasteiger partial charge in [-0.3, -0.25) is 0 Å². The Kier molecular flexibility index (Phi) is 2.91. The fraction of sp³-hybridized carbons (Fsp3) is 0.375. The van der Waals surface area contributed by atoms with Crippen LogP contribution in [-0.4, -0.2) is 25.1 Å². The van der Waals surface area contributed by atoms with Crippen LogP contribution in [0.3, 0.4) is 0 Å². The van der Waals surface area contributed by atoms with E-state index in [1.54, 1.807) is 6.08 Å². The van der Waals surface area contributed by atoms with Gasteiger partial charge in [0, 0.05) is 12.3 Å². The molecule has 0 N–H and O–H groups in total. The van der Waals surface area contributed by atoms with E-state index in [1.807, 2.05) is 18.2 Å². The normalized spacial score (nSPS) is 22.8. The number of nitrogens with zero attached hydrogens (tertiary/aromatic N) is 1. The number of esters is 1. The van der Waals surface area contributed by atoms with Crippen LogP contribution in [0.5, 0.6) is 11.5 Å². The summed E-state index contributed by atoms with van der Waals surface area (Å²) in [6.07, 6.45) is 4.71. The molecule has 1 aromatic carbocycles. The molecular weight excluding hydrogens is 270 g/mol. The molecule has 0 amide bonds. The van der Waals surface area contributed by atoms with Crippen LogP contribution in [0.2, 0.25) is 0 Å². The number of aliphatic imine (C=N–C) groups is 1. The number of benzene rings is 1. The van der Waals surface area contributed by atoms with Crippen LogP contribution >= 0.6 is 0 Å². The van der Waals surface area contributed by atoms with Crippen molar-refractivity contribution in [2.75, 3.05) is 13.2 Å². The molecule has 21 heavy (non-hydrogen) atoms. The number of hydrogen-bond donors (Lipinski definition) is 0. The van der Waals surface area contributed by atoms with Gasteiger partial charge in [-0.05, 0) is 36.6 Å². The first-order valence-electron chi connectivity index (χ1n) is 7.22. The van der Waals surface area contributed by atoms with Crippen molar-refractivity contribution in [3.63, 3.8) is 0 Å². The number of cyclic esters (lactones) is 1. The van der Waals surface area contributed by atoms with Gasteiger partial charge in [-0.1, -0.05) is 6.07 Å². The van der Waals surface area contributed by atoms with Crippen LogP contribution in [-0.2, 0) is 9.53 Å². The number of carbonyl (C=O) groups is 1. The number of ether oxygens (including phenoxy) is 3. The molecule has 2 aliphatic heterocycles. The van der Waals surface area contributed by atoms with Gasteiger partial charge in [0.1, 0.15) is 0 Å². The van der Waals surface area contributed by atoms with E-state index in [2.05, 4.69) is 4.99 Å². The van der Waals surface area contributed by atoms with Crippen LogP contribution in [0.4, 0.5) is 0 Å². The van der Waals surface area contributed by atoms with Crippen molar-refractivity contribution >= 4 is 17.9 Å². The largest absolute Gasteiger partial charge is 0.490 e. The predicted octanol–water partition coefficient (Wildman–Crippen LogP) is 2.55. The lowest BCUT2D eigenvalue weighted by Gasteiger charge is -2.07. The highest BCUT2D eigenvalue weighted by Crippen LogP contribution is 2.35. The van der Waals surface area contributed by atoms with E-state index in [4.69, 9.17) is 14.2 Å². The number of fused-ring (bicyclic) bond motifs is 1. The van der Waals surface area contributed by atoms with Crippen molar-refractivity contribution in [2.24, 2.45) is 10.9 Å². The lowest BCUT2D eigenvalue weighted by Crippen LogP contribution is -2.05. The number of rotatable bonds is 2. The van der Waals surface area contributed by atoms with Crippen molar-refractivity contribution in [2.45, 2.75) is 19.3 Å². The Bertz CT molecular complexity index is 658. The third-order valence-corrected chi connectivity index (χ3v) is 3.64. The summed E-state index contributed by atoms with van der Waals surface area (Å²) in [4.78, 5) is 16.1. The summed E-state index contributed by atoms with van der Waals surface area (Å²) in [5.41, 5.74) is 1.21. The van der Waals surface area contributed by atoms with Crippen molar-refractivity contribution in [1.29, 1.82) is 0 Å². The highest BCUT2D eigenvalue weighted by Gasteiger charge is 2.35. The Hall–Kier alpha value is -2.30. The molecule has 0 radical (unpaired) electrons. The molecule has 108 valence electrons. The highest BCUT2D eigenvalue weighted by molar-refractivity contribution is 6.08. The van der Waals surface area contributed by atoms with E-state index < -0.39 is 0 Å². The van der Waals surface area contributed by atoms with Crippen LogP contribution in [0.1, 0.15) is 24.8 Å². The molecule has 1 aliphatic carbocycles. The van der Waals surface area contributed by atoms with E-state index in [-0.39, 0.29) is 5.97 Å². The summed E-state index contributed by atoms with van der Waals surface area (Å²) in [5, 5.41) is 0. The summed E-state index contributed by atoms with van der Waals surface area (Å²) < 4.78 is 16.4. The Morgan fingerprint density at radius 2 is 1.95 bits per heavy atom. The maximum Gasteiger partial charge on any atom is 0.363 e. The van der Waals surface area contributed by atoms with Crippen LogP contribution in [0.25, 0.3) is 6.08 Å². The SMILES string of the molecule is O=C1OC(C2CC2)=N/C1=C/c1ccc2c(c1)OCCCO2. The fourth-order valence-electron chi connectivity index (χ4n) is 2.36. The van der Waals surface area contributed by atoms with E-state index in [9.17, 15) is 4.79 Å². The molecule has 1 aromatic rings. The monoisotopic (exact) mass is 285 g/mol. The molecule has 0 bridgehead atoms. The van der Waals surface area contributed by atoms with Gasteiger partial charge < -0.3 is 14.2 Å². The molecule has 0 spiro atoms. The molecule has 1 saturated carbocycles. The van der Waals surface area contributed by atoms with Gasteiger partial charge in [0.15, 0.2) is 17.2 Å². The van der Waals surface area contributed by atoms with Gasteiger partial charge >= 0.3 is 5.97 Å². The Balaban J connectivity index is 1.63. The van der Waals surface area contributed by atoms with E-state index in [0.29, 0.717) is 36.5 Å². The second-order valence-electron chi connectivity index (χ2n) is 5.40. The first kappa shape index (κ1) is 12.4. The lowest BCUT2D eigenvalue weighted by atomic mass is 10.1. The highest BCUT2D eigenvalue weighted by atomic mass is 16.6. The third-order valence-electron chi connectivity index (χ3n) is 3.64. The fourth-order valence-corrected chi connectivity index (χ4v) is 2.36. The topological polar surface area (TPSA) is 57.1 Å². The summed E-state index contributed by atoms with van der Waals surface area (Å²) in [5.74, 6) is 1.98. The predicted molar refractivity (Wildman–Crippen MR) is 76.3 cm³/mol. The van der Waals surface area contributed by atoms with Crippen LogP contribution in [0, 0.1) is 5.92 Å². The van der Waals surface area contributed by atoms with Gasteiger partial charge in [-0.25, -0.2) is 9.79 Å². The third kappa shape index (κ3) is 2.51.